The number of carboxylic acid groups (broad SMARTS) is 1. The second-order valence-corrected chi connectivity index (χ2v) is 8.04. The summed E-state index contributed by atoms with van der Waals surface area (Å²) in [5.74, 6) is -1.65. The molecule has 4 nitrogen and oxygen atoms in total. The monoisotopic (exact) mass is 482 g/mol. The van der Waals surface area contributed by atoms with E-state index in [1.807, 2.05) is 6.92 Å². The largest absolute Gasteiger partial charge is 0.478 e. The number of anilines is 1. The van der Waals surface area contributed by atoms with Crippen LogP contribution in [0.5, 0.6) is 0 Å². The second-order valence-electron chi connectivity index (χ2n) is 7.20. The van der Waals surface area contributed by atoms with Crippen LogP contribution >= 0.6 is 23.2 Å². The van der Waals surface area contributed by atoms with E-state index in [9.17, 15) is 4.79 Å². The minimum absolute atomic E-state index is 0.00340. The zero-order chi connectivity index (χ0) is 24.1. The van der Waals surface area contributed by atoms with E-state index in [0.717, 1.165) is 17.9 Å². The number of hydrogen-bond acceptors (Lipinski definition) is 3. The molecule has 3 aromatic carbocycles. The molecule has 0 amide bonds. The first kappa shape index (κ1) is 24.2. The van der Waals surface area contributed by atoms with Crippen molar-refractivity contribution in [2.45, 2.75) is 13.3 Å². The normalized spacial score (nSPS) is 12.0. The summed E-state index contributed by atoms with van der Waals surface area (Å²) in [7, 11) is 0. The fourth-order valence-electron chi connectivity index (χ4n) is 3.60. The highest BCUT2D eigenvalue weighted by molar-refractivity contribution is 6.36. The molecular formula is C26H21Cl2FN2O2. The summed E-state index contributed by atoms with van der Waals surface area (Å²) >= 11 is 12.6. The SMILES string of the molecule is CC/C(=C(/c1ccc(/C=C/C(=O)O)cc1)c1ccc(N)c(C=N)c1F)c1ccc(Cl)cc1Cl. The van der Waals surface area contributed by atoms with Crippen molar-refractivity contribution >= 4 is 58.3 Å². The quantitative estimate of drug-likeness (QED) is 0.144. The number of rotatable bonds is 7. The third kappa shape index (κ3) is 5.33. The first-order valence-electron chi connectivity index (χ1n) is 10.1. The van der Waals surface area contributed by atoms with Crippen LogP contribution in [-0.2, 0) is 4.79 Å². The van der Waals surface area contributed by atoms with Crippen LogP contribution in [0.15, 0.2) is 60.7 Å². The van der Waals surface area contributed by atoms with E-state index in [4.69, 9.17) is 39.5 Å². The highest BCUT2D eigenvalue weighted by atomic mass is 35.5. The summed E-state index contributed by atoms with van der Waals surface area (Å²) in [6.07, 6.45) is 3.95. The Balaban J connectivity index is 2.33. The van der Waals surface area contributed by atoms with Crippen LogP contribution in [-0.4, -0.2) is 17.3 Å². The Labute approximate surface area is 201 Å². The maximum atomic E-state index is 15.5. The third-order valence-corrected chi connectivity index (χ3v) is 5.70. The van der Waals surface area contributed by atoms with Gasteiger partial charge in [0.2, 0.25) is 0 Å². The Morgan fingerprint density at radius 2 is 1.76 bits per heavy atom. The number of nitrogens with two attached hydrogens (primary N) is 1. The molecule has 0 saturated carbocycles. The van der Waals surface area contributed by atoms with E-state index in [1.54, 1.807) is 54.6 Å². The Kier molecular flexibility index (Phi) is 7.69. The summed E-state index contributed by atoms with van der Waals surface area (Å²) < 4.78 is 15.5. The number of benzene rings is 3. The van der Waals surface area contributed by atoms with Gasteiger partial charge in [-0.1, -0.05) is 60.5 Å². The zero-order valence-electron chi connectivity index (χ0n) is 17.7. The minimum Gasteiger partial charge on any atom is -0.478 e. The van der Waals surface area contributed by atoms with E-state index < -0.39 is 11.8 Å². The maximum Gasteiger partial charge on any atom is 0.328 e. The highest BCUT2D eigenvalue weighted by Crippen LogP contribution is 2.39. The maximum absolute atomic E-state index is 15.5. The molecule has 0 aromatic heterocycles. The fraction of sp³-hybridized carbons (Fsp3) is 0.0769. The van der Waals surface area contributed by atoms with Gasteiger partial charge in [0.15, 0.2) is 0 Å². The number of carbonyl (C=O) groups is 1. The van der Waals surface area contributed by atoms with Crippen molar-refractivity contribution in [3.05, 3.63) is 104 Å². The van der Waals surface area contributed by atoms with Crippen LogP contribution in [0.25, 0.3) is 17.2 Å². The van der Waals surface area contributed by atoms with Crippen molar-refractivity contribution in [3.63, 3.8) is 0 Å². The third-order valence-electron chi connectivity index (χ3n) is 5.16. The Bertz CT molecular complexity index is 1280. The molecule has 3 rings (SSSR count). The lowest BCUT2D eigenvalue weighted by molar-refractivity contribution is -0.131. The molecule has 0 fully saturated rings. The van der Waals surface area contributed by atoms with Crippen LogP contribution in [0.4, 0.5) is 10.1 Å². The Morgan fingerprint density at radius 3 is 2.33 bits per heavy atom. The van der Waals surface area contributed by atoms with Gasteiger partial charge in [-0.15, -0.1) is 0 Å². The summed E-state index contributed by atoms with van der Waals surface area (Å²) in [6, 6.07) is 15.4. The molecular weight excluding hydrogens is 462 g/mol. The highest BCUT2D eigenvalue weighted by Gasteiger charge is 2.20. The second kappa shape index (κ2) is 10.5. The van der Waals surface area contributed by atoms with Gasteiger partial charge >= 0.3 is 5.97 Å². The van der Waals surface area contributed by atoms with Crippen LogP contribution in [0.2, 0.25) is 10.0 Å². The van der Waals surface area contributed by atoms with Crippen molar-refractivity contribution in [1.82, 2.24) is 0 Å². The fourth-order valence-corrected chi connectivity index (χ4v) is 4.13. The van der Waals surface area contributed by atoms with Gasteiger partial charge in [-0.25, -0.2) is 9.18 Å². The molecule has 0 aliphatic rings. The molecule has 0 aliphatic heterocycles. The van der Waals surface area contributed by atoms with Crippen molar-refractivity contribution in [3.8, 4) is 0 Å². The lowest BCUT2D eigenvalue weighted by Gasteiger charge is -2.19. The molecule has 33 heavy (non-hydrogen) atoms. The van der Waals surface area contributed by atoms with Crippen molar-refractivity contribution in [2.75, 3.05) is 5.73 Å². The van der Waals surface area contributed by atoms with Crippen LogP contribution in [0.3, 0.4) is 0 Å². The van der Waals surface area contributed by atoms with Gasteiger partial charge in [0.05, 0.1) is 5.56 Å². The van der Waals surface area contributed by atoms with Gasteiger partial charge < -0.3 is 16.2 Å². The number of allylic oxidation sites excluding steroid dienone is 1. The van der Waals surface area contributed by atoms with E-state index in [0.29, 0.717) is 38.7 Å². The minimum atomic E-state index is -1.05. The zero-order valence-corrected chi connectivity index (χ0v) is 19.2. The molecule has 0 atom stereocenters. The first-order chi connectivity index (χ1) is 15.8. The van der Waals surface area contributed by atoms with Crippen LogP contribution in [0.1, 0.15) is 41.2 Å². The number of nitrogens with one attached hydrogen (secondary N) is 1. The molecule has 0 aliphatic carbocycles. The molecule has 0 spiro atoms. The summed E-state index contributed by atoms with van der Waals surface area (Å²) in [5.41, 5.74) is 9.79. The van der Waals surface area contributed by atoms with Gasteiger partial charge in [-0.2, -0.15) is 0 Å². The lowest BCUT2D eigenvalue weighted by atomic mass is 9.86. The average molecular weight is 483 g/mol. The topological polar surface area (TPSA) is 87.2 Å². The molecule has 0 bridgehead atoms. The number of carboxylic acids is 1. The predicted molar refractivity (Wildman–Crippen MR) is 134 cm³/mol. The Morgan fingerprint density at radius 1 is 1.09 bits per heavy atom. The summed E-state index contributed by atoms with van der Waals surface area (Å²) in [5, 5.41) is 17.4. The van der Waals surface area contributed by atoms with Gasteiger partial charge in [-0.05, 0) is 64.6 Å². The van der Waals surface area contributed by atoms with E-state index in [2.05, 4.69) is 0 Å². The van der Waals surface area contributed by atoms with Gasteiger partial charge in [0, 0.05) is 33.6 Å². The molecule has 0 unspecified atom stereocenters. The average Bonchev–Trinajstić information content (AvgIpc) is 2.78. The molecule has 0 heterocycles. The predicted octanol–water partition coefficient (Wildman–Crippen LogP) is 7.18. The number of nitrogen functional groups attached to an aromatic ring is 1. The molecule has 7 heteroatoms. The van der Waals surface area contributed by atoms with Crippen LogP contribution in [0, 0.1) is 11.2 Å². The van der Waals surface area contributed by atoms with Crippen molar-refractivity contribution in [1.29, 1.82) is 5.41 Å². The standard InChI is InChI=1S/C26H21Cl2FN2O2/c1-2-18(19-9-8-17(27)13-22(19)28)25(20-10-11-23(31)21(14-30)26(20)29)16-6-3-15(4-7-16)5-12-24(32)33/h3-14,30H,2,31H2,1H3,(H,32,33)/b12-5+,25-18+,30-14?. The Hall–Kier alpha value is -3.41. The summed E-state index contributed by atoms with van der Waals surface area (Å²) in [4.78, 5) is 10.8. The number of halogens is 3. The smallest absolute Gasteiger partial charge is 0.328 e. The molecule has 0 radical (unpaired) electrons. The van der Waals surface area contributed by atoms with E-state index >= 15 is 4.39 Å². The van der Waals surface area contributed by atoms with Crippen molar-refractivity contribution in [2.24, 2.45) is 0 Å². The molecule has 3 aromatic rings. The van der Waals surface area contributed by atoms with Gasteiger partial charge in [0.25, 0.3) is 0 Å². The molecule has 168 valence electrons. The molecule has 4 N–H and O–H groups in total. The number of aliphatic carboxylic acids is 1. The summed E-state index contributed by atoms with van der Waals surface area (Å²) in [6.45, 7) is 1.94. The van der Waals surface area contributed by atoms with Crippen molar-refractivity contribution < 1.29 is 14.3 Å². The van der Waals surface area contributed by atoms with E-state index in [-0.39, 0.29) is 16.8 Å². The lowest BCUT2D eigenvalue weighted by Crippen LogP contribution is -2.04. The van der Waals surface area contributed by atoms with Crippen LogP contribution < -0.4 is 5.73 Å². The van der Waals surface area contributed by atoms with Gasteiger partial charge in [-0.3, -0.25) is 0 Å². The first-order valence-corrected chi connectivity index (χ1v) is 10.8. The van der Waals surface area contributed by atoms with E-state index in [1.165, 1.54) is 6.08 Å². The molecule has 0 saturated heterocycles. The number of hydrogen-bond donors (Lipinski definition) is 3. The van der Waals surface area contributed by atoms with Gasteiger partial charge in [0.1, 0.15) is 5.82 Å².